The molecular formula is C14H27N3S. The molecule has 3 nitrogen and oxygen atoms in total. The minimum Gasteiger partial charge on any atom is -0.316 e. The summed E-state index contributed by atoms with van der Waals surface area (Å²) < 4.78 is 0. The van der Waals surface area contributed by atoms with E-state index >= 15 is 0 Å². The van der Waals surface area contributed by atoms with Gasteiger partial charge in [0.25, 0.3) is 0 Å². The van der Waals surface area contributed by atoms with Crippen molar-refractivity contribution >= 4 is 11.3 Å². The molecule has 0 spiro atoms. The third-order valence-electron chi connectivity index (χ3n) is 2.92. The van der Waals surface area contributed by atoms with Crippen molar-refractivity contribution in [3.8, 4) is 0 Å². The van der Waals surface area contributed by atoms with Crippen molar-refractivity contribution in [3.05, 3.63) is 10.0 Å². The maximum atomic E-state index is 4.31. The summed E-state index contributed by atoms with van der Waals surface area (Å²) in [7, 11) is 0. The van der Waals surface area contributed by atoms with E-state index in [0.717, 1.165) is 31.8 Å². The fraction of sp³-hybridized carbons (Fsp3) is 0.857. The average molecular weight is 269 g/mol. The summed E-state index contributed by atoms with van der Waals surface area (Å²) in [5.74, 6) is 1.30. The second kappa shape index (κ2) is 8.59. The van der Waals surface area contributed by atoms with Gasteiger partial charge in [0, 0.05) is 12.3 Å². The van der Waals surface area contributed by atoms with Crippen molar-refractivity contribution in [2.75, 3.05) is 13.1 Å². The van der Waals surface area contributed by atoms with Crippen LogP contribution in [0.15, 0.2) is 0 Å². The Morgan fingerprint density at radius 1 is 1.22 bits per heavy atom. The predicted octanol–water partition coefficient (Wildman–Crippen LogP) is 3.62. The Kier molecular flexibility index (Phi) is 7.44. The van der Waals surface area contributed by atoms with Crippen LogP contribution in [0, 0.1) is 5.92 Å². The Labute approximate surface area is 115 Å². The van der Waals surface area contributed by atoms with Crippen molar-refractivity contribution < 1.29 is 0 Å². The van der Waals surface area contributed by atoms with Gasteiger partial charge in [-0.15, -0.1) is 21.5 Å². The van der Waals surface area contributed by atoms with Gasteiger partial charge in [-0.25, -0.2) is 0 Å². The molecule has 18 heavy (non-hydrogen) atoms. The van der Waals surface area contributed by atoms with E-state index in [2.05, 4.69) is 43.2 Å². The average Bonchev–Trinajstić information content (AvgIpc) is 2.77. The topological polar surface area (TPSA) is 37.8 Å². The third-order valence-corrected chi connectivity index (χ3v) is 4.14. The maximum Gasteiger partial charge on any atom is 0.120 e. The number of aromatic nitrogens is 2. The minimum absolute atomic E-state index is 0.570. The summed E-state index contributed by atoms with van der Waals surface area (Å²) >= 11 is 1.80. The van der Waals surface area contributed by atoms with Gasteiger partial charge in [0.05, 0.1) is 0 Å². The summed E-state index contributed by atoms with van der Waals surface area (Å²) in [6.45, 7) is 11.1. The monoisotopic (exact) mass is 269 g/mol. The van der Waals surface area contributed by atoms with E-state index in [1.165, 1.54) is 22.9 Å². The highest BCUT2D eigenvalue weighted by Crippen LogP contribution is 2.24. The van der Waals surface area contributed by atoms with E-state index in [4.69, 9.17) is 0 Å². The van der Waals surface area contributed by atoms with Gasteiger partial charge < -0.3 is 5.32 Å². The largest absolute Gasteiger partial charge is 0.316 e. The zero-order valence-corrected chi connectivity index (χ0v) is 13.0. The lowest BCUT2D eigenvalue weighted by atomic mass is 10.1. The van der Waals surface area contributed by atoms with Crippen molar-refractivity contribution in [1.29, 1.82) is 0 Å². The normalized spacial score (nSPS) is 13.2. The molecule has 0 aliphatic rings. The molecule has 0 aliphatic heterocycles. The van der Waals surface area contributed by atoms with E-state index in [1.54, 1.807) is 11.3 Å². The highest BCUT2D eigenvalue weighted by molar-refractivity contribution is 7.11. The summed E-state index contributed by atoms with van der Waals surface area (Å²) in [6.07, 6.45) is 4.64. The predicted molar refractivity (Wildman–Crippen MR) is 79.3 cm³/mol. The molecule has 0 radical (unpaired) electrons. The van der Waals surface area contributed by atoms with Gasteiger partial charge in [-0.05, 0) is 31.8 Å². The van der Waals surface area contributed by atoms with E-state index in [0.29, 0.717) is 5.92 Å². The van der Waals surface area contributed by atoms with Crippen LogP contribution in [0.3, 0.4) is 0 Å². The Balaban J connectivity index is 2.23. The molecule has 1 atom stereocenters. The van der Waals surface area contributed by atoms with Gasteiger partial charge in [0.2, 0.25) is 0 Å². The van der Waals surface area contributed by atoms with Gasteiger partial charge in [-0.2, -0.15) is 0 Å². The molecule has 0 aliphatic carbocycles. The number of hydrogen-bond acceptors (Lipinski definition) is 4. The maximum absolute atomic E-state index is 4.31. The summed E-state index contributed by atoms with van der Waals surface area (Å²) in [4.78, 5) is 0. The molecule has 0 fully saturated rings. The van der Waals surface area contributed by atoms with Crippen LogP contribution in [0.5, 0.6) is 0 Å². The molecule has 104 valence electrons. The number of hydrogen-bond donors (Lipinski definition) is 1. The lowest BCUT2D eigenvalue weighted by Crippen LogP contribution is -2.21. The summed E-state index contributed by atoms with van der Waals surface area (Å²) in [6, 6.07) is 0. The lowest BCUT2D eigenvalue weighted by Gasteiger charge is -2.05. The first-order valence-electron chi connectivity index (χ1n) is 7.16. The van der Waals surface area contributed by atoms with E-state index in [-0.39, 0.29) is 0 Å². The third kappa shape index (κ3) is 5.91. The molecule has 1 aromatic rings. The fourth-order valence-electron chi connectivity index (χ4n) is 1.88. The highest BCUT2D eigenvalue weighted by atomic mass is 32.1. The van der Waals surface area contributed by atoms with Gasteiger partial charge in [-0.3, -0.25) is 0 Å². The van der Waals surface area contributed by atoms with Crippen molar-refractivity contribution in [3.63, 3.8) is 0 Å². The molecule has 4 heteroatoms. The Morgan fingerprint density at radius 2 is 2.00 bits per heavy atom. The van der Waals surface area contributed by atoms with Gasteiger partial charge in [0.1, 0.15) is 10.0 Å². The van der Waals surface area contributed by atoms with Crippen molar-refractivity contribution in [2.24, 2.45) is 5.92 Å². The van der Waals surface area contributed by atoms with Crippen LogP contribution in [-0.2, 0) is 6.42 Å². The Hall–Kier alpha value is -0.480. The quantitative estimate of drug-likeness (QED) is 0.696. The van der Waals surface area contributed by atoms with Crippen molar-refractivity contribution in [1.82, 2.24) is 15.5 Å². The summed E-state index contributed by atoms with van der Waals surface area (Å²) in [5, 5.41) is 14.5. The van der Waals surface area contributed by atoms with Gasteiger partial charge >= 0.3 is 0 Å². The Morgan fingerprint density at radius 3 is 2.67 bits per heavy atom. The molecule has 0 saturated carbocycles. The fourth-order valence-corrected chi connectivity index (χ4v) is 2.85. The van der Waals surface area contributed by atoms with Crippen LogP contribution < -0.4 is 5.32 Å². The first kappa shape index (κ1) is 15.6. The van der Waals surface area contributed by atoms with Crippen LogP contribution in [0.4, 0.5) is 0 Å². The first-order chi connectivity index (χ1) is 8.63. The molecule has 0 amide bonds. The van der Waals surface area contributed by atoms with E-state index < -0.39 is 0 Å². The van der Waals surface area contributed by atoms with E-state index in [1.807, 2.05) is 0 Å². The molecule has 1 N–H and O–H groups in total. The number of nitrogens with one attached hydrogen (secondary N) is 1. The van der Waals surface area contributed by atoms with Crippen LogP contribution in [-0.4, -0.2) is 23.3 Å². The van der Waals surface area contributed by atoms with Crippen LogP contribution in [0.1, 0.15) is 62.9 Å². The van der Waals surface area contributed by atoms with Crippen molar-refractivity contribution in [2.45, 2.75) is 59.3 Å². The molecule has 1 aromatic heterocycles. The molecular weight excluding hydrogens is 242 g/mol. The number of rotatable bonds is 9. The molecule has 1 rings (SSSR count). The highest BCUT2D eigenvalue weighted by Gasteiger charge is 2.10. The SMILES string of the molecule is CCCC(C)c1nnc(CCCNCC(C)C)s1. The van der Waals surface area contributed by atoms with Gasteiger partial charge in [-0.1, -0.05) is 34.1 Å². The van der Waals surface area contributed by atoms with Crippen LogP contribution >= 0.6 is 11.3 Å². The molecule has 0 bridgehead atoms. The smallest absolute Gasteiger partial charge is 0.120 e. The zero-order chi connectivity index (χ0) is 13.4. The summed E-state index contributed by atoms with van der Waals surface area (Å²) in [5.41, 5.74) is 0. The molecule has 0 saturated heterocycles. The second-order valence-electron chi connectivity index (χ2n) is 5.43. The second-order valence-corrected chi connectivity index (χ2v) is 6.52. The number of nitrogens with zero attached hydrogens (tertiary/aromatic N) is 2. The van der Waals surface area contributed by atoms with E-state index in [9.17, 15) is 0 Å². The zero-order valence-electron chi connectivity index (χ0n) is 12.2. The lowest BCUT2D eigenvalue weighted by molar-refractivity contribution is 0.542. The number of aryl methyl sites for hydroxylation is 1. The standard InChI is InChI=1S/C14H27N3S/c1-5-7-12(4)14-17-16-13(18-14)8-6-9-15-10-11(2)3/h11-12,15H,5-10H2,1-4H3. The minimum atomic E-state index is 0.570. The molecule has 1 heterocycles. The van der Waals surface area contributed by atoms with Gasteiger partial charge in [0.15, 0.2) is 0 Å². The molecule has 1 unspecified atom stereocenters. The first-order valence-corrected chi connectivity index (χ1v) is 7.98. The Bertz CT molecular complexity index is 323. The molecule has 0 aromatic carbocycles. The van der Waals surface area contributed by atoms with Crippen LogP contribution in [0.2, 0.25) is 0 Å². The van der Waals surface area contributed by atoms with Crippen LogP contribution in [0.25, 0.3) is 0 Å².